The summed E-state index contributed by atoms with van der Waals surface area (Å²) in [5.41, 5.74) is 4.66. The van der Waals surface area contributed by atoms with Gasteiger partial charge in [-0.05, 0) is 64.2 Å². The molecule has 0 aromatic heterocycles. The van der Waals surface area contributed by atoms with E-state index in [1.54, 1.807) is 18.2 Å². The molecule has 0 amide bonds. The topological polar surface area (TPSA) is 58.6 Å². The van der Waals surface area contributed by atoms with E-state index in [0.29, 0.717) is 12.2 Å². The SMILES string of the molecule is Cl.O=C(O)c1cccc(-c2cccc([C@H]3CCNC[C@@H]3OCc3ccc4ccccc4c3)c2)c1. The van der Waals surface area contributed by atoms with Gasteiger partial charge in [0.05, 0.1) is 18.3 Å². The highest BCUT2D eigenvalue weighted by Gasteiger charge is 2.27. The van der Waals surface area contributed by atoms with Crippen LogP contribution in [0.1, 0.15) is 33.8 Å². The van der Waals surface area contributed by atoms with Gasteiger partial charge in [-0.25, -0.2) is 4.79 Å². The van der Waals surface area contributed by atoms with Crippen molar-refractivity contribution < 1.29 is 14.6 Å². The highest BCUT2D eigenvalue weighted by atomic mass is 35.5. The lowest BCUT2D eigenvalue weighted by Gasteiger charge is -2.33. The lowest BCUT2D eigenvalue weighted by Crippen LogP contribution is -2.41. The second-order valence-corrected chi connectivity index (χ2v) is 8.64. The van der Waals surface area contributed by atoms with Gasteiger partial charge in [-0.15, -0.1) is 12.4 Å². The van der Waals surface area contributed by atoms with Crippen molar-refractivity contribution in [1.29, 1.82) is 0 Å². The number of carboxylic acid groups (broad SMARTS) is 1. The van der Waals surface area contributed by atoms with Gasteiger partial charge < -0.3 is 15.2 Å². The molecule has 2 atom stereocenters. The zero-order valence-electron chi connectivity index (χ0n) is 18.8. The molecule has 4 nitrogen and oxygen atoms in total. The van der Waals surface area contributed by atoms with Gasteiger partial charge in [0.1, 0.15) is 0 Å². The molecular formula is C29H28ClNO3. The number of aromatic carboxylic acids is 1. The largest absolute Gasteiger partial charge is 0.478 e. The number of hydrogen-bond donors (Lipinski definition) is 2. The summed E-state index contributed by atoms with van der Waals surface area (Å²) >= 11 is 0. The van der Waals surface area contributed by atoms with Gasteiger partial charge in [0, 0.05) is 12.5 Å². The third-order valence-electron chi connectivity index (χ3n) is 6.46. The predicted octanol–water partition coefficient (Wildman–Crippen LogP) is 6.29. The van der Waals surface area contributed by atoms with Gasteiger partial charge in [-0.1, -0.05) is 72.8 Å². The second kappa shape index (κ2) is 10.8. The van der Waals surface area contributed by atoms with Gasteiger partial charge in [-0.3, -0.25) is 0 Å². The molecule has 5 heteroatoms. The zero-order valence-corrected chi connectivity index (χ0v) is 19.6. The van der Waals surface area contributed by atoms with Crippen LogP contribution in [0.15, 0.2) is 91.0 Å². The molecule has 0 unspecified atom stereocenters. The number of rotatable bonds is 6. The Morgan fingerprint density at radius 1 is 0.882 bits per heavy atom. The summed E-state index contributed by atoms with van der Waals surface area (Å²) < 4.78 is 6.44. The average molecular weight is 474 g/mol. The van der Waals surface area contributed by atoms with Crippen LogP contribution in [0.5, 0.6) is 0 Å². The number of nitrogens with one attached hydrogen (secondary N) is 1. The molecule has 2 N–H and O–H groups in total. The molecule has 34 heavy (non-hydrogen) atoms. The zero-order chi connectivity index (χ0) is 22.6. The van der Waals surface area contributed by atoms with Crippen molar-refractivity contribution in [3.63, 3.8) is 0 Å². The van der Waals surface area contributed by atoms with E-state index in [9.17, 15) is 9.90 Å². The molecule has 174 valence electrons. The summed E-state index contributed by atoms with van der Waals surface area (Å²) in [4.78, 5) is 11.4. The average Bonchev–Trinajstić information content (AvgIpc) is 2.87. The third-order valence-corrected chi connectivity index (χ3v) is 6.46. The van der Waals surface area contributed by atoms with Crippen molar-refractivity contribution in [3.05, 3.63) is 108 Å². The Hall–Kier alpha value is -3.18. The van der Waals surface area contributed by atoms with E-state index in [0.717, 1.165) is 30.6 Å². The first-order chi connectivity index (χ1) is 16.2. The van der Waals surface area contributed by atoms with E-state index in [1.165, 1.54) is 21.9 Å². The van der Waals surface area contributed by atoms with Crippen LogP contribution < -0.4 is 5.32 Å². The fourth-order valence-electron chi connectivity index (χ4n) is 4.70. The van der Waals surface area contributed by atoms with E-state index in [1.807, 2.05) is 12.1 Å². The number of hydrogen-bond acceptors (Lipinski definition) is 3. The van der Waals surface area contributed by atoms with Gasteiger partial charge in [0.15, 0.2) is 0 Å². The lowest BCUT2D eigenvalue weighted by atomic mass is 9.86. The van der Waals surface area contributed by atoms with Gasteiger partial charge >= 0.3 is 5.97 Å². The van der Waals surface area contributed by atoms with Crippen LogP contribution in [0.2, 0.25) is 0 Å². The third kappa shape index (κ3) is 5.31. The van der Waals surface area contributed by atoms with Crippen molar-refractivity contribution in [2.45, 2.75) is 25.0 Å². The second-order valence-electron chi connectivity index (χ2n) is 8.64. The van der Waals surface area contributed by atoms with Crippen molar-refractivity contribution >= 4 is 29.1 Å². The summed E-state index contributed by atoms with van der Waals surface area (Å²) in [5.74, 6) is -0.622. The van der Waals surface area contributed by atoms with Crippen molar-refractivity contribution in [2.75, 3.05) is 13.1 Å². The van der Waals surface area contributed by atoms with Crippen molar-refractivity contribution in [3.8, 4) is 11.1 Å². The van der Waals surface area contributed by atoms with Gasteiger partial charge in [-0.2, -0.15) is 0 Å². The van der Waals surface area contributed by atoms with Crippen LogP contribution in [-0.2, 0) is 11.3 Å². The smallest absolute Gasteiger partial charge is 0.335 e. The fraction of sp³-hybridized carbons (Fsp3) is 0.207. The summed E-state index contributed by atoms with van der Waals surface area (Å²) in [5, 5.41) is 15.3. The van der Waals surface area contributed by atoms with Crippen LogP contribution in [-0.4, -0.2) is 30.3 Å². The standard InChI is InChI=1S/C29H27NO3.ClH/c31-29(32)26-10-4-8-24(17-26)23-7-3-9-25(16-23)27-13-14-30-18-28(27)33-19-20-11-12-21-5-1-2-6-22(21)15-20;/h1-12,15-17,27-28,30H,13-14,18-19H2,(H,31,32);1H/t27-,28+;/m1./s1. The maximum atomic E-state index is 11.4. The number of benzene rings is 4. The number of carbonyl (C=O) groups is 1. The Balaban J connectivity index is 0.00000274. The van der Waals surface area contributed by atoms with E-state index < -0.39 is 5.97 Å². The molecule has 0 spiro atoms. The quantitative estimate of drug-likeness (QED) is 0.345. The summed E-state index contributed by atoms with van der Waals surface area (Å²) in [6, 6.07) is 30.4. The minimum absolute atomic E-state index is 0. The predicted molar refractivity (Wildman–Crippen MR) is 139 cm³/mol. The van der Waals surface area contributed by atoms with Gasteiger partial charge in [0.2, 0.25) is 0 Å². The number of piperidine rings is 1. The van der Waals surface area contributed by atoms with Crippen LogP contribution in [0.25, 0.3) is 21.9 Å². The summed E-state index contributed by atoms with van der Waals surface area (Å²) in [6.07, 6.45) is 1.08. The molecule has 0 radical (unpaired) electrons. The van der Waals surface area contributed by atoms with Crippen LogP contribution in [0, 0.1) is 0 Å². The number of carboxylic acids is 1. The fourth-order valence-corrected chi connectivity index (χ4v) is 4.70. The Labute approximate surface area is 206 Å². The Bertz CT molecular complexity index is 1290. The molecule has 0 aliphatic carbocycles. The van der Waals surface area contributed by atoms with E-state index in [-0.39, 0.29) is 24.4 Å². The molecule has 1 aliphatic heterocycles. The molecular weight excluding hydrogens is 446 g/mol. The Morgan fingerprint density at radius 3 is 2.47 bits per heavy atom. The number of fused-ring (bicyclic) bond motifs is 1. The molecule has 1 fully saturated rings. The highest BCUT2D eigenvalue weighted by molar-refractivity contribution is 5.89. The molecule has 1 saturated heterocycles. The minimum Gasteiger partial charge on any atom is -0.478 e. The highest BCUT2D eigenvalue weighted by Crippen LogP contribution is 2.32. The summed E-state index contributed by atoms with van der Waals surface area (Å²) in [7, 11) is 0. The van der Waals surface area contributed by atoms with Gasteiger partial charge in [0.25, 0.3) is 0 Å². The van der Waals surface area contributed by atoms with Crippen molar-refractivity contribution in [2.24, 2.45) is 0 Å². The van der Waals surface area contributed by atoms with E-state index in [2.05, 4.69) is 66.0 Å². The minimum atomic E-state index is -0.909. The maximum Gasteiger partial charge on any atom is 0.335 e. The monoisotopic (exact) mass is 473 g/mol. The van der Waals surface area contributed by atoms with Crippen molar-refractivity contribution in [1.82, 2.24) is 5.32 Å². The molecule has 4 aromatic rings. The number of halogens is 1. The molecule has 4 aromatic carbocycles. The molecule has 1 heterocycles. The van der Waals surface area contributed by atoms with E-state index >= 15 is 0 Å². The molecule has 0 saturated carbocycles. The first kappa shape index (κ1) is 24.0. The van der Waals surface area contributed by atoms with E-state index in [4.69, 9.17) is 4.74 Å². The first-order valence-electron chi connectivity index (χ1n) is 11.4. The summed E-state index contributed by atoms with van der Waals surface area (Å²) in [6.45, 7) is 2.35. The molecule has 5 rings (SSSR count). The Kier molecular flexibility index (Phi) is 7.63. The molecule has 1 aliphatic rings. The normalized spacial score (nSPS) is 17.8. The maximum absolute atomic E-state index is 11.4. The van der Waals surface area contributed by atoms with Crippen LogP contribution >= 0.6 is 12.4 Å². The van der Waals surface area contributed by atoms with Crippen LogP contribution in [0.4, 0.5) is 0 Å². The molecule has 0 bridgehead atoms. The Morgan fingerprint density at radius 2 is 1.65 bits per heavy atom. The first-order valence-corrected chi connectivity index (χ1v) is 11.4. The van der Waals surface area contributed by atoms with Crippen LogP contribution in [0.3, 0.4) is 0 Å². The lowest BCUT2D eigenvalue weighted by molar-refractivity contribution is 0.0107. The number of ether oxygens (including phenoxy) is 1.